The Balaban J connectivity index is 0.00000144. The second kappa shape index (κ2) is 5.60. The number of cyclic esters (lactones) is 1. The molecule has 2 N–H and O–H groups in total. The Kier molecular flexibility index (Phi) is 5.17. The van der Waals surface area contributed by atoms with Crippen LogP contribution in [-0.4, -0.2) is 43.4 Å². The molecule has 1 heterocycles. The van der Waals surface area contributed by atoms with E-state index in [4.69, 9.17) is 5.73 Å². The molecule has 0 unspecified atom stereocenters. The molecular formula is C6H11ClN2O4. The van der Waals surface area contributed by atoms with E-state index < -0.39 is 12.1 Å². The normalized spacial score (nSPS) is 14.8. The van der Waals surface area contributed by atoms with Crippen LogP contribution in [0.15, 0.2) is 0 Å². The molecule has 6 nitrogen and oxygen atoms in total. The third-order valence-electron chi connectivity index (χ3n) is 1.39. The molecule has 0 saturated carbocycles. The topological polar surface area (TPSA) is 81.9 Å². The molecule has 1 aliphatic heterocycles. The van der Waals surface area contributed by atoms with Crippen LogP contribution in [0, 0.1) is 0 Å². The highest BCUT2D eigenvalue weighted by Crippen LogP contribution is 2.02. The molecule has 13 heavy (non-hydrogen) atoms. The van der Waals surface area contributed by atoms with E-state index in [9.17, 15) is 9.59 Å². The van der Waals surface area contributed by atoms with Gasteiger partial charge in [-0.3, -0.25) is 9.69 Å². The van der Waals surface area contributed by atoms with Gasteiger partial charge in [0.05, 0.1) is 13.1 Å². The maximum absolute atomic E-state index is 10.8. The Labute approximate surface area is 81.4 Å². The van der Waals surface area contributed by atoms with Gasteiger partial charge in [0.15, 0.2) is 6.73 Å². The minimum atomic E-state index is -0.533. The van der Waals surface area contributed by atoms with Crippen LogP contribution in [0.5, 0.6) is 0 Å². The number of amides is 1. The summed E-state index contributed by atoms with van der Waals surface area (Å²) in [5.41, 5.74) is 4.98. The van der Waals surface area contributed by atoms with Crippen molar-refractivity contribution in [2.24, 2.45) is 5.73 Å². The van der Waals surface area contributed by atoms with Crippen molar-refractivity contribution < 1.29 is 19.1 Å². The van der Waals surface area contributed by atoms with Gasteiger partial charge in [-0.05, 0) is 0 Å². The summed E-state index contributed by atoms with van der Waals surface area (Å²) in [6.07, 6.45) is -0.458. The van der Waals surface area contributed by atoms with Gasteiger partial charge in [0.2, 0.25) is 0 Å². The van der Waals surface area contributed by atoms with Crippen LogP contribution in [0.4, 0.5) is 4.79 Å². The van der Waals surface area contributed by atoms with E-state index in [-0.39, 0.29) is 25.7 Å². The summed E-state index contributed by atoms with van der Waals surface area (Å²) in [6.45, 7) is 0.549. The Morgan fingerprint density at radius 3 is 2.85 bits per heavy atom. The summed E-state index contributed by atoms with van der Waals surface area (Å²) in [4.78, 5) is 22.6. The maximum Gasteiger partial charge on any atom is 0.412 e. The van der Waals surface area contributed by atoms with Crippen LogP contribution in [0.1, 0.15) is 0 Å². The van der Waals surface area contributed by atoms with E-state index in [1.54, 1.807) is 0 Å². The smallest absolute Gasteiger partial charge is 0.412 e. The minimum Gasteiger partial charge on any atom is -0.447 e. The summed E-state index contributed by atoms with van der Waals surface area (Å²) in [5.74, 6) is -0.533. The second-order valence-electron chi connectivity index (χ2n) is 2.23. The molecular weight excluding hydrogens is 200 g/mol. The first-order chi connectivity index (χ1) is 5.74. The third-order valence-corrected chi connectivity index (χ3v) is 1.39. The molecule has 1 fully saturated rings. The Morgan fingerprint density at radius 1 is 1.69 bits per heavy atom. The number of halogens is 1. The first-order valence-corrected chi connectivity index (χ1v) is 3.51. The minimum absolute atomic E-state index is 0. The van der Waals surface area contributed by atoms with Gasteiger partial charge in [-0.2, -0.15) is 0 Å². The molecule has 0 aromatic carbocycles. The molecule has 1 rings (SSSR count). The first kappa shape index (κ1) is 12.0. The highest BCUT2D eigenvalue weighted by molar-refractivity contribution is 5.85. The molecule has 7 heteroatoms. The Bertz CT molecular complexity index is 199. The number of hydrogen-bond acceptors (Lipinski definition) is 5. The zero-order chi connectivity index (χ0) is 8.97. The molecule has 0 bridgehead atoms. The highest BCUT2D eigenvalue weighted by atomic mass is 35.5. The predicted molar refractivity (Wildman–Crippen MR) is 45.3 cm³/mol. The van der Waals surface area contributed by atoms with Crippen LogP contribution in [0.2, 0.25) is 0 Å². The quantitative estimate of drug-likeness (QED) is 0.625. The van der Waals surface area contributed by atoms with Crippen LogP contribution in [-0.2, 0) is 14.3 Å². The van der Waals surface area contributed by atoms with Gasteiger partial charge in [0.1, 0.15) is 6.61 Å². The molecule has 0 radical (unpaired) electrons. The number of rotatable bonds is 3. The lowest BCUT2D eigenvalue weighted by Crippen LogP contribution is -2.30. The number of carbonyl (C=O) groups is 2. The SMILES string of the molecule is Cl.NCC(=O)OCN1CCOC1=O. The lowest BCUT2D eigenvalue weighted by atomic mass is 10.6. The number of nitrogens with two attached hydrogens (primary N) is 1. The van der Waals surface area contributed by atoms with Gasteiger partial charge < -0.3 is 15.2 Å². The van der Waals surface area contributed by atoms with Crippen molar-refractivity contribution >= 4 is 24.5 Å². The van der Waals surface area contributed by atoms with Crippen LogP contribution < -0.4 is 5.73 Å². The van der Waals surface area contributed by atoms with Crippen molar-refractivity contribution in [1.29, 1.82) is 0 Å². The first-order valence-electron chi connectivity index (χ1n) is 3.51. The second-order valence-corrected chi connectivity index (χ2v) is 2.23. The summed E-state index contributed by atoms with van der Waals surface area (Å²) < 4.78 is 9.20. The van der Waals surface area contributed by atoms with Gasteiger partial charge in [0, 0.05) is 0 Å². The van der Waals surface area contributed by atoms with E-state index in [0.29, 0.717) is 13.2 Å². The molecule has 1 aliphatic rings. The number of carbonyl (C=O) groups excluding carboxylic acids is 2. The van der Waals surface area contributed by atoms with Gasteiger partial charge in [-0.25, -0.2) is 4.79 Å². The molecule has 0 aromatic heterocycles. The van der Waals surface area contributed by atoms with Crippen LogP contribution in [0.3, 0.4) is 0 Å². The number of hydrogen-bond donors (Lipinski definition) is 1. The summed E-state index contributed by atoms with van der Waals surface area (Å²) in [6, 6.07) is 0. The molecule has 0 aliphatic carbocycles. The standard InChI is InChI=1S/C6H10N2O4.ClH/c7-3-5(9)12-4-8-1-2-11-6(8)10;/h1-4,7H2;1H. The van der Waals surface area contributed by atoms with Crippen LogP contribution >= 0.6 is 12.4 Å². The van der Waals surface area contributed by atoms with E-state index in [1.165, 1.54) is 4.90 Å². The lowest BCUT2D eigenvalue weighted by molar-refractivity contribution is -0.145. The Hall–Kier alpha value is -1.01. The average molecular weight is 211 g/mol. The summed E-state index contributed by atoms with van der Waals surface area (Å²) >= 11 is 0. The maximum atomic E-state index is 10.8. The van der Waals surface area contributed by atoms with Crippen molar-refractivity contribution in [2.75, 3.05) is 26.4 Å². The fraction of sp³-hybridized carbons (Fsp3) is 0.667. The van der Waals surface area contributed by atoms with Crippen molar-refractivity contribution in [1.82, 2.24) is 4.90 Å². The average Bonchev–Trinajstić information content (AvgIpc) is 2.47. The van der Waals surface area contributed by atoms with E-state index >= 15 is 0 Å². The van der Waals surface area contributed by atoms with E-state index in [2.05, 4.69) is 9.47 Å². The predicted octanol–water partition coefficient (Wildman–Crippen LogP) is -0.680. The molecule has 1 amide bonds. The van der Waals surface area contributed by atoms with Gasteiger partial charge in [-0.15, -0.1) is 12.4 Å². The highest BCUT2D eigenvalue weighted by Gasteiger charge is 2.22. The Morgan fingerprint density at radius 2 is 2.38 bits per heavy atom. The van der Waals surface area contributed by atoms with E-state index in [0.717, 1.165) is 0 Å². The van der Waals surface area contributed by atoms with Crippen molar-refractivity contribution in [3.63, 3.8) is 0 Å². The van der Waals surface area contributed by atoms with E-state index in [1.807, 2.05) is 0 Å². The molecule has 0 spiro atoms. The molecule has 76 valence electrons. The lowest BCUT2D eigenvalue weighted by Gasteiger charge is -2.11. The van der Waals surface area contributed by atoms with Crippen molar-refractivity contribution in [3.8, 4) is 0 Å². The van der Waals surface area contributed by atoms with Gasteiger partial charge >= 0.3 is 12.1 Å². The van der Waals surface area contributed by atoms with Crippen LogP contribution in [0.25, 0.3) is 0 Å². The number of esters is 1. The monoisotopic (exact) mass is 210 g/mol. The summed E-state index contributed by atoms with van der Waals surface area (Å²) in [5, 5.41) is 0. The van der Waals surface area contributed by atoms with Crippen molar-refractivity contribution in [2.45, 2.75) is 0 Å². The zero-order valence-electron chi connectivity index (χ0n) is 6.89. The number of nitrogens with zero attached hydrogens (tertiary/aromatic N) is 1. The number of ether oxygens (including phenoxy) is 2. The fourth-order valence-corrected chi connectivity index (χ4v) is 0.752. The largest absolute Gasteiger partial charge is 0.447 e. The molecule has 0 aromatic rings. The zero-order valence-corrected chi connectivity index (χ0v) is 7.71. The molecule has 1 saturated heterocycles. The van der Waals surface area contributed by atoms with Gasteiger partial charge in [-0.1, -0.05) is 0 Å². The van der Waals surface area contributed by atoms with Crippen molar-refractivity contribution in [3.05, 3.63) is 0 Å². The molecule has 0 atom stereocenters. The third kappa shape index (κ3) is 3.47. The van der Waals surface area contributed by atoms with Gasteiger partial charge in [0.25, 0.3) is 0 Å². The summed E-state index contributed by atoms with van der Waals surface area (Å²) in [7, 11) is 0. The fourth-order valence-electron chi connectivity index (χ4n) is 0.752.